The summed E-state index contributed by atoms with van der Waals surface area (Å²) < 4.78 is 73.7. The fourth-order valence-electron chi connectivity index (χ4n) is 6.00. The Balaban J connectivity index is 1.28. The summed E-state index contributed by atoms with van der Waals surface area (Å²) >= 11 is 0. The SMILES string of the molecule is Cc1nonc1C(=O)NC(c1cn2ncc(C(C3CC3)N3CC[C@@H](C(F)(F)F)NC3=O)cc2n1)C1CCC(F)(F)CC1. The quantitative estimate of drug-likeness (QED) is 0.384. The Morgan fingerprint density at radius 1 is 1.14 bits per heavy atom. The third-order valence-electron chi connectivity index (χ3n) is 8.42. The molecule has 4 heterocycles. The number of fused-ring (bicyclic) bond motifs is 1. The van der Waals surface area contributed by atoms with Gasteiger partial charge < -0.3 is 15.5 Å². The van der Waals surface area contributed by atoms with Gasteiger partial charge >= 0.3 is 12.2 Å². The maximum Gasteiger partial charge on any atom is 0.408 e. The molecular formula is C26H29F5N8O3. The van der Waals surface area contributed by atoms with Gasteiger partial charge in [0.15, 0.2) is 11.3 Å². The van der Waals surface area contributed by atoms with Crippen LogP contribution < -0.4 is 10.6 Å². The molecule has 2 aliphatic carbocycles. The molecule has 3 amide bonds. The Labute approximate surface area is 236 Å². The molecule has 3 atom stereocenters. The summed E-state index contributed by atoms with van der Waals surface area (Å²) in [5, 5.41) is 16.7. The maximum atomic E-state index is 14.0. The lowest BCUT2D eigenvalue weighted by Crippen LogP contribution is -2.57. The summed E-state index contributed by atoms with van der Waals surface area (Å²) in [6.45, 7) is 1.50. The topological polar surface area (TPSA) is 131 Å². The minimum Gasteiger partial charge on any atom is -0.342 e. The largest absolute Gasteiger partial charge is 0.408 e. The number of aromatic nitrogens is 5. The first kappa shape index (κ1) is 28.3. The molecule has 226 valence electrons. The molecule has 3 aromatic heterocycles. The third kappa shape index (κ3) is 5.62. The highest BCUT2D eigenvalue weighted by Gasteiger charge is 2.47. The van der Waals surface area contributed by atoms with Crippen molar-refractivity contribution < 1.29 is 36.2 Å². The minimum absolute atomic E-state index is 0.0230. The molecule has 3 aliphatic rings. The van der Waals surface area contributed by atoms with E-state index in [4.69, 9.17) is 0 Å². The lowest BCUT2D eigenvalue weighted by atomic mass is 9.81. The lowest BCUT2D eigenvalue weighted by Gasteiger charge is -2.38. The molecule has 0 radical (unpaired) electrons. The molecule has 0 spiro atoms. The number of aryl methyl sites for hydroxylation is 1. The predicted molar refractivity (Wildman–Crippen MR) is 134 cm³/mol. The molecule has 3 fully saturated rings. The van der Waals surface area contributed by atoms with Crippen LogP contribution in [0.2, 0.25) is 0 Å². The molecule has 2 saturated carbocycles. The number of carbonyl (C=O) groups is 2. The second-order valence-electron chi connectivity index (χ2n) is 11.4. The molecule has 1 saturated heterocycles. The highest BCUT2D eigenvalue weighted by molar-refractivity contribution is 5.93. The van der Waals surface area contributed by atoms with Crippen LogP contribution in [-0.2, 0) is 0 Å². The van der Waals surface area contributed by atoms with Crippen LogP contribution in [0.25, 0.3) is 5.65 Å². The van der Waals surface area contributed by atoms with Crippen LogP contribution in [0, 0.1) is 18.8 Å². The number of halogens is 5. The van der Waals surface area contributed by atoms with Crippen molar-refractivity contribution in [2.45, 2.75) is 82.1 Å². The normalized spacial score (nSPS) is 23.0. The van der Waals surface area contributed by atoms with Crippen molar-refractivity contribution in [1.82, 2.24) is 40.4 Å². The fourth-order valence-corrected chi connectivity index (χ4v) is 6.00. The lowest BCUT2D eigenvalue weighted by molar-refractivity contribution is -0.159. The van der Waals surface area contributed by atoms with E-state index in [1.165, 1.54) is 9.42 Å². The van der Waals surface area contributed by atoms with Crippen LogP contribution in [0.5, 0.6) is 0 Å². The number of nitrogens with one attached hydrogen (secondary N) is 2. The predicted octanol–water partition coefficient (Wildman–Crippen LogP) is 4.51. The molecule has 42 heavy (non-hydrogen) atoms. The minimum atomic E-state index is -4.52. The number of carbonyl (C=O) groups excluding carboxylic acids is 2. The van der Waals surface area contributed by atoms with Crippen molar-refractivity contribution >= 4 is 17.6 Å². The fraction of sp³-hybridized carbons (Fsp3) is 0.615. The van der Waals surface area contributed by atoms with E-state index < -0.39 is 42.2 Å². The number of hydrogen-bond donors (Lipinski definition) is 2. The first-order valence-corrected chi connectivity index (χ1v) is 13.9. The van der Waals surface area contributed by atoms with Crippen LogP contribution in [0.1, 0.15) is 84.5 Å². The van der Waals surface area contributed by atoms with E-state index in [2.05, 4.69) is 35.7 Å². The molecule has 2 N–H and O–H groups in total. The highest BCUT2D eigenvalue weighted by Crippen LogP contribution is 2.46. The summed E-state index contributed by atoms with van der Waals surface area (Å²) in [6, 6.07) is -2.15. The number of hydrogen-bond acceptors (Lipinski definition) is 7. The Hall–Kier alpha value is -3.85. The van der Waals surface area contributed by atoms with Crippen molar-refractivity contribution in [3.8, 4) is 0 Å². The van der Waals surface area contributed by atoms with Crippen LogP contribution >= 0.6 is 0 Å². The molecule has 6 rings (SSSR count). The van der Waals surface area contributed by atoms with Gasteiger partial charge in [0.25, 0.3) is 5.91 Å². The Bertz CT molecular complexity index is 1480. The average molecular weight is 597 g/mol. The summed E-state index contributed by atoms with van der Waals surface area (Å²) in [5.41, 5.74) is 1.68. The number of imidazole rings is 1. The number of alkyl halides is 5. The number of urea groups is 1. The van der Waals surface area contributed by atoms with Gasteiger partial charge in [-0.1, -0.05) is 5.16 Å². The van der Waals surface area contributed by atoms with Gasteiger partial charge in [-0.05, 0) is 67.7 Å². The standard InChI is InChI=1S/C26H29F5N8O3/c1-13-20(37-42-36-13)23(40)35-21(14-4-7-25(27,28)8-5-14)17-12-39-19(33-17)10-16(11-32-39)22(15-2-3-15)38-9-6-18(26(29,30)31)34-24(38)41/h10-12,14-15,18,21-22H,2-9H2,1H3,(H,34,41)(H,35,40)/t18-,21?,22?/m0/s1. The van der Waals surface area contributed by atoms with Gasteiger partial charge in [-0.15, -0.1) is 0 Å². The Morgan fingerprint density at radius 2 is 1.88 bits per heavy atom. The van der Waals surface area contributed by atoms with Gasteiger partial charge in [-0.2, -0.15) is 18.3 Å². The van der Waals surface area contributed by atoms with E-state index in [0.717, 1.165) is 12.8 Å². The van der Waals surface area contributed by atoms with E-state index in [1.807, 2.05) is 0 Å². The Kier molecular flexibility index (Phi) is 7.04. The van der Waals surface area contributed by atoms with Crippen LogP contribution in [0.15, 0.2) is 23.1 Å². The van der Waals surface area contributed by atoms with Crippen LogP contribution in [-0.4, -0.2) is 66.4 Å². The van der Waals surface area contributed by atoms with Crippen LogP contribution in [0.4, 0.5) is 26.7 Å². The van der Waals surface area contributed by atoms with Crippen LogP contribution in [0.3, 0.4) is 0 Å². The van der Waals surface area contributed by atoms with E-state index >= 15 is 0 Å². The zero-order chi connectivity index (χ0) is 29.8. The third-order valence-corrected chi connectivity index (χ3v) is 8.42. The summed E-state index contributed by atoms with van der Waals surface area (Å²) in [4.78, 5) is 31.9. The first-order chi connectivity index (χ1) is 19.9. The zero-order valence-corrected chi connectivity index (χ0v) is 22.6. The number of amides is 3. The average Bonchev–Trinajstić information content (AvgIpc) is 3.51. The highest BCUT2D eigenvalue weighted by atomic mass is 19.4. The summed E-state index contributed by atoms with van der Waals surface area (Å²) in [7, 11) is 0. The van der Waals surface area contributed by atoms with Gasteiger partial charge in [0.05, 0.1) is 30.2 Å². The summed E-state index contributed by atoms with van der Waals surface area (Å²) in [5.74, 6) is -3.61. The molecule has 16 heteroatoms. The van der Waals surface area contributed by atoms with Crippen molar-refractivity contribution in [2.75, 3.05) is 6.54 Å². The summed E-state index contributed by atoms with van der Waals surface area (Å²) in [6.07, 6.45) is -0.294. The van der Waals surface area contributed by atoms with Gasteiger partial charge in [-0.25, -0.2) is 27.7 Å². The van der Waals surface area contributed by atoms with Crippen molar-refractivity contribution in [1.29, 1.82) is 0 Å². The monoisotopic (exact) mass is 596 g/mol. The van der Waals surface area contributed by atoms with E-state index in [1.54, 1.807) is 25.4 Å². The molecule has 0 bridgehead atoms. The molecule has 0 aromatic carbocycles. The van der Waals surface area contributed by atoms with E-state index in [0.29, 0.717) is 16.9 Å². The maximum absolute atomic E-state index is 14.0. The second-order valence-corrected chi connectivity index (χ2v) is 11.4. The smallest absolute Gasteiger partial charge is 0.342 e. The van der Waals surface area contributed by atoms with Gasteiger partial charge in [0.1, 0.15) is 11.7 Å². The zero-order valence-electron chi connectivity index (χ0n) is 22.6. The van der Waals surface area contributed by atoms with Crippen molar-refractivity contribution in [2.24, 2.45) is 11.8 Å². The van der Waals surface area contributed by atoms with E-state index in [9.17, 15) is 31.5 Å². The first-order valence-electron chi connectivity index (χ1n) is 13.9. The van der Waals surface area contributed by atoms with Crippen molar-refractivity contribution in [3.63, 3.8) is 0 Å². The van der Waals surface area contributed by atoms with Gasteiger partial charge in [0, 0.05) is 19.4 Å². The second kappa shape index (κ2) is 10.5. The van der Waals surface area contributed by atoms with Crippen molar-refractivity contribution in [3.05, 3.63) is 41.1 Å². The Morgan fingerprint density at radius 3 is 2.50 bits per heavy atom. The molecule has 1 aliphatic heterocycles. The molecular weight excluding hydrogens is 567 g/mol. The molecule has 3 aromatic rings. The van der Waals surface area contributed by atoms with Gasteiger partial charge in [-0.3, -0.25) is 4.79 Å². The number of rotatable bonds is 7. The molecule has 2 unspecified atom stereocenters. The van der Waals surface area contributed by atoms with E-state index in [-0.39, 0.29) is 61.9 Å². The molecule has 11 nitrogen and oxygen atoms in total. The van der Waals surface area contributed by atoms with Gasteiger partial charge in [0.2, 0.25) is 5.92 Å². The number of nitrogens with zero attached hydrogens (tertiary/aromatic N) is 6.